The molecule has 0 saturated carbocycles. The quantitative estimate of drug-likeness (QED) is 0.747. The molecule has 5 rings (SSSR count). The van der Waals surface area contributed by atoms with Crippen molar-refractivity contribution in [3.05, 3.63) is 42.0 Å². The van der Waals surface area contributed by atoms with Gasteiger partial charge in [0.1, 0.15) is 19.0 Å². The molecule has 2 aromatic carbocycles. The first kappa shape index (κ1) is 16.5. The van der Waals surface area contributed by atoms with Gasteiger partial charge in [0.15, 0.2) is 23.1 Å². The molecule has 0 aliphatic carbocycles. The molecule has 2 aliphatic heterocycles. The Hall–Kier alpha value is -2.67. The first-order valence-corrected chi connectivity index (χ1v) is 9.18. The van der Waals surface area contributed by atoms with E-state index in [1.165, 1.54) is 6.07 Å². The van der Waals surface area contributed by atoms with Gasteiger partial charge in [-0.05, 0) is 44.1 Å². The van der Waals surface area contributed by atoms with Crippen molar-refractivity contribution >= 4 is 11.0 Å². The van der Waals surface area contributed by atoms with Crippen LogP contribution in [0.25, 0.3) is 22.4 Å². The molecule has 1 fully saturated rings. The minimum Gasteiger partial charge on any atom is -0.486 e. The van der Waals surface area contributed by atoms with Crippen molar-refractivity contribution < 1.29 is 18.3 Å². The summed E-state index contributed by atoms with van der Waals surface area (Å²) in [6.07, 6.45) is 1.88. The van der Waals surface area contributed by atoms with Crippen molar-refractivity contribution in [1.82, 2.24) is 14.9 Å². The van der Waals surface area contributed by atoms with Gasteiger partial charge in [-0.3, -0.25) is 0 Å². The molecule has 5 nitrogen and oxygen atoms in total. The molecule has 27 heavy (non-hydrogen) atoms. The largest absolute Gasteiger partial charge is 0.486 e. The average Bonchev–Trinajstić information content (AvgIpc) is 3.07. The third-order valence-electron chi connectivity index (χ3n) is 5.21. The number of nitrogens with one attached hydrogen (secondary N) is 1. The number of rotatable bonds is 2. The number of fused-ring (bicyclic) bond motifs is 2. The second kappa shape index (κ2) is 6.49. The average molecular weight is 371 g/mol. The fourth-order valence-corrected chi connectivity index (χ4v) is 3.91. The molecule has 7 heteroatoms. The lowest BCUT2D eigenvalue weighted by molar-refractivity contribution is 0.172. The zero-order valence-electron chi connectivity index (χ0n) is 14.7. The van der Waals surface area contributed by atoms with Gasteiger partial charge in [0.2, 0.25) is 0 Å². The molecule has 3 heterocycles. The van der Waals surface area contributed by atoms with Gasteiger partial charge in [-0.25, -0.2) is 13.8 Å². The predicted molar refractivity (Wildman–Crippen MR) is 97.2 cm³/mol. The van der Waals surface area contributed by atoms with E-state index >= 15 is 0 Å². The number of ether oxygens (including phenoxy) is 2. The molecular weight excluding hydrogens is 352 g/mol. The summed E-state index contributed by atoms with van der Waals surface area (Å²) >= 11 is 0. The molecule has 1 aromatic heterocycles. The minimum absolute atomic E-state index is 0.224. The smallest absolute Gasteiger partial charge is 0.163 e. The molecule has 0 unspecified atom stereocenters. The van der Waals surface area contributed by atoms with Gasteiger partial charge in [-0.2, -0.15) is 0 Å². The zero-order valence-corrected chi connectivity index (χ0v) is 14.7. The highest BCUT2D eigenvalue weighted by Gasteiger charge is 2.25. The summed E-state index contributed by atoms with van der Waals surface area (Å²) in [4.78, 5) is 4.75. The Bertz CT molecular complexity index is 1010. The van der Waals surface area contributed by atoms with Crippen molar-refractivity contribution in [2.24, 2.45) is 0 Å². The van der Waals surface area contributed by atoms with Gasteiger partial charge < -0.3 is 19.4 Å². The van der Waals surface area contributed by atoms with Gasteiger partial charge in [-0.15, -0.1) is 0 Å². The van der Waals surface area contributed by atoms with Gasteiger partial charge in [0.05, 0.1) is 11.0 Å². The van der Waals surface area contributed by atoms with E-state index in [1.807, 2.05) is 12.1 Å². The van der Waals surface area contributed by atoms with Crippen LogP contribution in [0, 0.1) is 11.6 Å². The second-order valence-corrected chi connectivity index (χ2v) is 6.90. The van der Waals surface area contributed by atoms with Crippen LogP contribution in [0.2, 0.25) is 0 Å². The highest BCUT2D eigenvalue weighted by Crippen LogP contribution is 2.39. The van der Waals surface area contributed by atoms with Crippen LogP contribution in [0.15, 0.2) is 30.3 Å². The number of imidazole rings is 1. The van der Waals surface area contributed by atoms with Crippen molar-refractivity contribution in [2.75, 3.05) is 26.3 Å². The second-order valence-electron chi connectivity index (χ2n) is 6.90. The van der Waals surface area contributed by atoms with Crippen LogP contribution in [0.5, 0.6) is 11.5 Å². The van der Waals surface area contributed by atoms with Crippen LogP contribution in [-0.4, -0.2) is 35.9 Å². The number of piperidine rings is 1. The summed E-state index contributed by atoms with van der Waals surface area (Å²) in [5.41, 5.74) is 2.24. The fraction of sp³-hybridized carbons (Fsp3) is 0.350. The molecule has 0 atom stereocenters. The summed E-state index contributed by atoms with van der Waals surface area (Å²) in [6.45, 7) is 2.83. The predicted octanol–water partition coefficient (Wildman–Crippen LogP) is 3.68. The lowest BCUT2D eigenvalue weighted by Gasteiger charge is -2.27. The third kappa shape index (κ3) is 2.82. The zero-order chi connectivity index (χ0) is 18.4. The topological polar surface area (TPSA) is 48.3 Å². The molecule has 0 amide bonds. The molecule has 0 spiro atoms. The SMILES string of the molecule is Fc1ccc(-c2nc3cc4c(cc3n2C2CCNCC2)OCCO4)cc1F. The number of benzene rings is 2. The highest BCUT2D eigenvalue weighted by atomic mass is 19.2. The van der Waals surface area contributed by atoms with Gasteiger partial charge >= 0.3 is 0 Å². The van der Waals surface area contributed by atoms with Crippen molar-refractivity contribution in [3.63, 3.8) is 0 Å². The lowest BCUT2D eigenvalue weighted by atomic mass is 10.1. The van der Waals surface area contributed by atoms with Crippen LogP contribution in [0.3, 0.4) is 0 Å². The van der Waals surface area contributed by atoms with E-state index in [2.05, 4.69) is 9.88 Å². The Morgan fingerprint density at radius 3 is 2.44 bits per heavy atom. The molecule has 1 saturated heterocycles. The first-order chi connectivity index (χ1) is 13.2. The van der Waals surface area contributed by atoms with Gasteiger partial charge in [0, 0.05) is 23.7 Å². The van der Waals surface area contributed by atoms with Crippen LogP contribution < -0.4 is 14.8 Å². The lowest BCUT2D eigenvalue weighted by Crippen LogP contribution is -2.29. The van der Waals surface area contributed by atoms with Crippen LogP contribution in [0.4, 0.5) is 8.78 Å². The maximum absolute atomic E-state index is 13.9. The standard InChI is InChI=1S/C20H19F2N3O2/c21-14-2-1-12(9-15(14)22)20-24-16-10-18-19(27-8-7-26-18)11-17(16)25(20)13-3-5-23-6-4-13/h1-2,9-11,13,23H,3-8H2. The number of hydrogen-bond acceptors (Lipinski definition) is 4. The molecule has 140 valence electrons. The van der Waals surface area contributed by atoms with Crippen molar-refractivity contribution in [3.8, 4) is 22.9 Å². The molecular formula is C20H19F2N3O2. The van der Waals surface area contributed by atoms with E-state index in [9.17, 15) is 8.78 Å². The fourth-order valence-electron chi connectivity index (χ4n) is 3.91. The monoisotopic (exact) mass is 371 g/mol. The first-order valence-electron chi connectivity index (χ1n) is 9.18. The Labute approximate surface area is 154 Å². The maximum Gasteiger partial charge on any atom is 0.163 e. The summed E-state index contributed by atoms with van der Waals surface area (Å²) < 4.78 is 40.9. The van der Waals surface area contributed by atoms with E-state index in [0.29, 0.717) is 36.1 Å². The van der Waals surface area contributed by atoms with Crippen molar-refractivity contribution in [1.29, 1.82) is 0 Å². The number of aromatic nitrogens is 2. The van der Waals surface area contributed by atoms with Gasteiger partial charge in [0.25, 0.3) is 0 Å². The van der Waals surface area contributed by atoms with E-state index in [-0.39, 0.29) is 6.04 Å². The number of hydrogen-bond donors (Lipinski definition) is 1. The Morgan fingerprint density at radius 2 is 1.70 bits per heavy atom. The number of halogens is 2. The Balaban J connectivity index is 1.73. The van der Waals surface area contributed by atoms with E-state index in [1.54, 1.807) is 6.07 Å². The third-order valence-corrected chi connectivity index (χ3v) is 5.21. The van der Waals surface area contributed by atoms with Gasteiger partial charge in [-0.1, -0.05) is 0 Å². The summed E-state index contributed by atoms with van der Waals surface area (Å²) in [5, 5.41) is 3.36. The van der Waals surface area contributed by atoms with Crippen LogP contribution >= 0.6 is 0 Å². The minimum atomic E-state index is -0.873. The molecule has 0 radical (unpaired) electrons. The highest BCUT2D eigenvalue weighted by molar-refractivity contribution is 5.84. The molecule has 1 N–H and O–H groups in total. The van der Waals surface area contributed by atoms with E-state index < -0.39 is 11.6 Å². The van der Waals surface area contributed by atoms with Crippen LogP contribution in [0.1, 0.15) is 18.9 Å². The Morgan fingerprint density at radius 1 is 0.963 bits per heavy atom. The normalized spacial score (nSPS) is 17.4. The van der Waals surface area contributed by atoms with Crippen molar-refractivity contribution in [2.45, 2.75) is 18.9 Å². The maximum atomic E-state index is 13.9. The molecule has 0 bridgehead atoms. The van der Waals surface area contributed by atoms with E-state index in [4.69, 9.17) is 14.5 Å². The molecule has 3 aromatic rings. The van der Waals surface area contributed by atoms with Crippen LogP contribution in [-0.2, 0) is 0 Å². The number of nitrogens with zero attached hydrogens (tertiary/aromatic N) is 2. The summed E-state index contributed by atoms with van der Waals surface area (Å²) in [5.74, 6) is 0.266. The Kier molecular flexibility index (Phi) is 3.97. The summed E-state index contributed by atoms with van der Waals surface area (Å²) in [6, 6.07) is 7.97. The summed E-state index contributed by atoms with van der Waals surface area (Å²) in [7, 11) is 0. The van der Waals surface area contributed by atoms with E-state index in [0.717, 1.165) is 43.0 Å². The molecule has 2 aliphatic rings.